The SMILES string of the molecule is CSCc1nc2ccccc2n1CC(=O)N1CCCC[C@H]1C(=O)O. The van der Waals surface area contributed by atoms with Crippen LogP contribution in [0.5, 0.6) is 0 Å². The summed E-state index contributed by atoms with van der Waals surface area (Å²) >= 11 is 1.65. The van der Waals surface area contributed by atoms with Crippen LogP contribution in [0.15, 0.2) is 24.3 Å². The van der Waals surface area contributed by atoms with Crippen molar-refractivity contribution in [2.45, 2.75) is 37.6 Å². The second kappa shape index (κ2) is 7.25. The predicted molar refractivity (Wildman–Crippen MR) is 93.9 cm³/mol. The lowest BCUT2D eigenvalue weighted by Gasteiger charge is -2.33. The molecule has 1 amide bonds. The Bertz CT molecular complexity index is 759. The van der Waals surface area contributed by atoms with Gasteiger partial charge in [-0.05, 0) is 37.7 Å². The number of imidazole rings is 1. The van der Waals surface area contributed by atoms with Gasteiger partial charge in [-0.2, -0.15) is 11.8 Å². The van der Waals surface area contributed by atoms with Crippen LogP contribution in [0.1, 0.15) is 25.1 Å². The third kappa shape index (κ3) is 3.26. The van der Waals surface area contributed by atoms with Crippen molar-refractivity contribution in [3.05, 3.63) is 30.1 Å². The molecule has 2 aromatic rings. The van der Waals surface area contributed by atoms with Crippen molar-refractivity contribution in [3.8, 4) is 0 Å². The first kappa shape index (κ1) is 16.8. The number of carbonyl (C=O) groups is 2. The third-order valence-corrected chi connectivity index (χ3v) is 4.96. The van der Waals surface area contributed by atoms with Crippen LogP contribution in [-0.2, 0) is 21.9 Å². The zero-order valence-corrected chi connectivity index (χ0v) is 14.5. The lowest BCUT2D eigenvalue weighted by molar-refractivity contribution is -0.152. The second-order valence-corrected chi connectivity index (χ2v) is 6.84. The first-order valence-electron chi connectivity index (χ1n) is 8.07. The molecule has 3 rings (SSSR count). The van der Waals surface area contributed by atoms with Gasteiger partial charge in [0.05, 0.1) is 16.8 Å². The summed E-state index contributed by atoms with van der Waals surface area (Å²) in [6.45, 7) is 0.653. The van der Waals surface area contributed by atoms with Gasteiger partial charge in [-0.1, -0.05) is 12.1 Å². The number of fused-ring (bicyclic) bond motifs is 1. The third-order valence-electron chi connectivity index (χ3n) is 4.41. The van der Waals surface area contributed by atoms with Gasteiger partial charge in [0.15, 0.2) is 0 Å². The first-order valence-corrected chi connectivity index (χ1v) is 9.46. The Morgan fingerprint density at radius 3 is 2.88 bits per heavy atom. The summed E-state index contributed by atoms with van der Waals surface area (Å²) in [4.78, 5) is 30.4. The molecule has 1 aromatic heterocycles. The van der Waals surface area contributed by atoms with Crippen molar-refractivity contribution in [1.82, 2.24) is 14.5 Å². The molecule has 128 valence electrons. The summed E-state index contributed by atoms with van der Waals surface area (Å²) in [6.07, 6.45) is 4.24. The Kier molecular flexibility index (Phi) is 5.08. The highest BCUT2D eigenvalue weighted by atomic mass is 32.2. The van der Waals surface area contributed by atoms with Crippen molar-refractivity contribution < 1.29 is 14.7 Å². The van der Waals surface area contributed by atoms with Gasteiger partial charge in [-0.3, -0.25) is 4.79 Å². The number of thioether (sulfide) groups is 1. The van der Waals surface area contributed by atoms with E-state index >= 15 is 0 Å². The average Bonchev–Trinajstić information content (AvgIpc) is 2.93. The van der Waals surface area contributed by atoms with Crippen molar-refractivity contribution >= 4 is 34.7 Å². The standard InChI is InChI=1S/C17H21N3O3S/c1-24-11-15-18-12-6-2-3-7-13(12)20(15)10-16(21)19-9-5-4-8-14(19)17(22)23/h2-3,6-7,14H,4-5,8-11H2,1H3,(H,22,23)/t14-/m0/s1. The quantitative estimate of drug-likeness (QED) is 0.899. The van der Waals surface area contributed by atoms with Gasteiger partial charge in [0.25, 0.3) is 0 Å². The molecule has 0 bridgehead atoms. The molecule has 1 N–H and O–H groups in total. The van der Waals surface area contributed by atoms with E-state index in [4.69, 9.17) is 0 Å². The Hall–Kier alpha value is -2.02. The molecule has 0 aliphatic carbocycles. The smallest absolute Gasteiger partial charge is 0.326 e. The van der Waals surface area contributed by atoms with Gasteiger partial charge in [-0.15, -0.1) is 0 Å². The van der Waals surface area contributed by atoms with Crippen LogP contribution in [-0.4, -0.2) is 50.3 Å². The van der Waals surface area contributed by atoms with Gasteiger partial charge in [0, 0.05) is 6.54 Å². The number of rotatable bonds is 5. The minimum atomic E-state index is -0.914. The molecule has 6 nitrogen and oxygen atoms in total. The maximum absolute atomic E-state index is 12.8. The van der Waals surface area contributed by atoms with E-state index in [1.807, 2.05) is 35.1 Å². The Labute approximate surface area is 144 Å². The van der Waals surface area contributed by atoms with Crippen LogP contribution in [0.2, 0.25) is 0 Å². The monoisotopic (exact) mass is 347 g/mol. The summed E-state index contributed by atoms with van der Waals surface area (Å²) < 4.78 is 1.92. The number of likely N-dealkylation sites (tertiary alicyclic amines) is 1. The molecule has 1 atom stereocenters. The van der Waals surface area contributed by atoms with E-state index in [1.165, 1.54) is 4.90 Å². The lowest BCUT2D eigenvalue weighted by Crippen LogP contribution is -2.49. The van der Waals surface area contributed by atoms with Crippen molar-refractivity contribution in [2.24, 2.45) is 0 Å². The maximum atomic E-state index is 12.8. The fourth-order valence-corrected chi connectivity index (χ4v) is 3.73. The molecule has 0 radical (unpaired) electrons. The summed E-state index contributed by atoms with van der Waals surface area (Å²) in [6, 6.07) is 7.03. The van der Waals surface area contributed by atoms with Gasteiger partial charge in [0.1, 0.15) is 18.4 Å². The molecular weight excluding hydrogens is 326 g/mol. The van der Waals surface area contributed by atoms with Crippen LogP contribution < -0.4 is 0 Å². The van der Waals surface area contributed by atoms with Gasteiger partial charge in [-0.25, -0.2) is 9.78 Å². The highest BCUT2D eigenvalue weighted by Crippen LogP contribution is 2.22. The molecule has 24 heavy (non-hydrogen) atoms. The minimum absolute atomic E-state index is 0.139. The van der Waals surface area contributed by atoms with Gasteiger partial charge in [0.2, 0.25) is 5.91 Å². The number of carbonyl (C=O) groups excluding carboxylic acids is 1. The lowest BCUT2D eigenvalue weighted by atomic mass is 10.0. The van der Waals surface area contributed by atoms with Crippen LogP contribution in [0.3, 0.4) is 0 Å². The Morgan fingerprint density at radius 2 is 2.12 bits per heavy atom. The Balaban J connectivity index is 1.89. The van der Waals surface area contributed by atoms with E-state index < -0.39 is 12.0 Å². The summed E-state index contributed by atoms with van der Waals surface area (Å²) in [5.41, 5.74) is 1.78. The fourth-order valence-electron chi connectivity index (χ4n) is 3.25. The van der Waals surface area contributed by atoms with Crippen LogP contribution >= 0.6 is 11.8 Å². The van der Waals surface area contributed by atoms with E-state index in [2.05, 4.69) is 4.98 Å². The number of hydrogen-bond donors (Lipinski definition) is 1. The zero-order valence-electron chi connectivity index (χ0n) is 13.6. The van der Waals surface area contributed by atoms with E-state index in [1.54, 1.807) is 11.8 Å². The highest BCUT2D eigenvalue weighted by Gasteiger charge is 2.32. The van der Waals surface area contributed by atoms with Gasteiger partial charge < -0.3 is 14.6 Å². The van der Waals surface area contributed by atoms with E-state index in [9.17, 15) is 14.7 Å². The topological polar surface area (TPSA) is 75.4 Å². The highest BCUT2D eigenvalue weighted by molar-refractivity contribution is 7.97. The minimum Gasteiger partial charge on any atom is -0.480 e. The summed E-state index contributed by atoms with van der Waals surface area (Å²) in [5, 5.41) is 9.38. The molecule has 1 saturated heterocycles. The number of hydrogen-bond acceptors (Lipinski definition) is 4. The molecule has 1 aliphatic rings. The van der Waals surface area contributed by atoms with Crippen LogP contribution in [0.25, 0.3) is 11.0 Å². The molecular formula is C17H21N3O3S. The number of amides is 1. The largest absolute Gasteiger partial charge is 0.480 e. The number of para-hydroxylation sites is 2. The maximum Gasteiger partial charge on any atom is 0.326 e. The van der Waals surface area contributed by atoms with Crippen molar-refractivity contribution in [2.75, 3.05) is 12.8 Å². The van der Waals surface area contributed by atoms with E-state index in [0.29, 0.717) is 18.7 Å². The first-order chi connectivity index (χ1) is 11.6. The predicted octanol–water partition coefficient (Wildman–Crippen LogP) is 2.36. The number of carboxylic acids is 1. The number of nitrogens with zero attached hydrogens (tertiary/aromatic N) is 3. The Morgan fingerprint density at radius 1 is 1.33 bits per heavy atom. The van der Waals surface area contributed by atoms with Crippen molar-refractivity contribution in [3.63, 3.8) is 0 Å². The number of benzene rings is 1. The summed E-state index contributed by atoms with van der Waals surface area (Å²) in [5.74, 6) is 0.501. The molecule has 1 aromatic carbocycles. The number of carboxylic acid groups (broad SMARTS) is 1. The molecule has 0 unspecified atom stereocenters. The van der Waals surface area contributed by atoms with Crippen molar-refractivity contribution in [1.29, 1.82) is 0 Å². The van der Waals surface area contributed by atoms with E-state index in [-0.39, 0.29) is 12.5 Å². The van der Waals surface area contributed by atoms with Crippen LogP contribution in [0, 0.1) is 0 Å². The number of aliphatic carboxylic acids is 1. The molecule has 7 heteroatoms. The molecule has 2 heterocycles. The molecule has 0 saturated carbocycles. The van der Waals surface area contributed by atoms with Gasteiger partial charge >= 0.3 is 5.97 Å². The van der Waals surface area contributed by atoms with E-state index in [0.717, 1.165) is 29.7 Å². The number of piperidine rings is 1. The number of aromatic nitrogens is 2. The fraction of sp³-hybridized carbons (Fsp3) is 0.471. The molecule has 1 fully saturated rings. The summed E-state index contributed by atoms with van der Waals surface area (Å²) in [7, 11) is 0. The molecule has 0 spiro atoms. The average molecular weight is 347 g/mol. The second-order valence-electron chi connectivity index (χ2n) is 5.97. The normalized spacial score (nSPS) is 18.0. The van der Waals surface area contributed by atoms with Crippen LogP contribution in [0.4, 0.5) is 0 Å². The molecule has 1 aliphatic heterocycles. The zero-order chi connectivity index (χ0) is 17.1.